The van der Waals surface area contributed by atoms with Crippen molar-refractivity contribution in [3.63, 3.8) is 0 Å². The molecule has 0 fully saturated rings. The zero-order chi connectivity index (χ0) is 12.9. The second kappa shape index (κ2) is 2.14. The van der Waals surface area contributed by atoms with Gasteiger partial charge in [0.2, 0.25) is 0 Å². The third-order valence-corrected chi connectivity index (χ3v) is 1.17. The fourth-order valence-corrected chi connectivity index (χ4v) is 0.731. The van der Waals surface area contributed by atoms with E-state index in [1.807, 2.05) is 0 Å². The minimum Gasteiger partial charge on any atom is -0.0616 e. The van der Waals surface area contributed by atoms with Gasteiger partial charge in [0.15, 0.2) is 0 Å². The average Bonchev–Trinajstić information content (AvgIpc) is 2.28. The Kier molecular flexibility index (Phi) is 0.396. The van der Waals surface area contributed by atoms with Gasteiger partial charge in [0.25, 0.3) is 0 Å². The quantitative estimate of drug-likeness (QED) is 0.521. The maximum Gasteiger partial charge on any atom is 0.0629 e. The highest BCUT2D eigenvalue weighted by atomic mass is 13.9. The summed E-state index contributed by atoms with van der Waals surface area (Å²) in [5.41, 5.74) is 0. The molecule has 0 heterocycles. The van der Waals surface area contributed by atoms with Crippen LogP contribution in [0, 0.1) is 0 Å². The zero-order valence-corrected chi connectivity index (χ0v) is 5.08. The molecule has 0 heteroatoms. The molecular weight excluding hydrogens is 120 g/mol. The highest BCUT2D eigenvalue weighted by Crippen LogP contribution is 2.11. The van der Waals surface area contributed by atoms with E-state index in [1.165, 1.54) is 0 Å². The van der Waals surface area contributed by atoms with Gasteiger partial charge in [-0.05, 0) is 10.8 Å². The van der Waals surface area contributed by atoms with Crippen LogP contribution < -0.4 is 0 Å². The molecule has 0 amide bonds. The van der Waals surface area contributed by atoms with E-state index < -0.39 is 12.1 Å². The van der Waals surface area contributed by atoms with E-state index in [-0.39, 0.29) is 41.0 Å². The Hall–Kier alpha value is -1.30. The molecule has 0 aliphatic rings. The van der Waals surface area contributed by atoms with Crippen LogP contribution >= 0.6 is 0 Å². The number of rotatable bonds is 0. The summed E-state index contributed by atoms with van der Waals surface area (Å²) < 4.78 is 53.2. The van der Waals surface area contributed by atoms with Crippen LogP contribution in [0.15, 0.2) is 48.4 Å². The van der Waals surface area contributed by atoms with Gasteiger partial charge in [0.1, 0.15) is 0 Å². The lowest BCUT2D eigenvalue weighted by Gasteiger charge is -1.92. The van der Waals surface area contributed by atoms with Gasteiger partial charge < -0.3 is 0 Å². The summed E-state index contributed by atoms with van der Waals surface area (Å²) in [6.07, 6.45) is 0. The number of hydrogen-bond acceptors (Lipinski definition) is 0. The predicted molar refractivity (Wildman–Crippen MR) is 43.9 cm³/mol. The van der Waals surface area contributed by atoms with Gasteiger partial charge in [-0.1, -0.05) is 48.4 Å². The molecule has 0 aliphatic heterocycles. The monoisotopic (exact) mass is 135 g/mol. The highest BCUT2D eigenvalue weighted by molar-refractivity contribution is 5.81. The van der Waals surface area contributed by atoms with Gasteiger partial charge >= 0.3 is 0 Å². The molecule has 0 bridgehead atoms. The summed E-state index contributed by atoms with van der Waals surface area (Å²) in [6.45, 7) is 0. The number of benzene rings is 2. The molecule has 0 aliphatic carbocycles. The molecule has 0 saturated carbocycles. The van der Waals surface area contributed by atoms with E-state index >= 15 is 0 Å². The molecule has 2 aromatic rings. The van der Waals surface area contributed by atoms with Crippen LogP contribution in [0.3, 0.4) is 0 Å². The maximum absolute atomic E-state index is 7.68. The topological polar surface area (TPSA) is 0 Å². The Morgan fingerprint density at radius 1 is 0.800 bits per heavy atom. The van der Waals surface area contributed by atoms with Crippen molar-refractivity contribution in [2.75, 3.05) is 0 Å². The first-order valence-electron chi connectivity index (χ1n) is 6.33. The van der Waals surface area contributed by atoms with E-state index in [9.17, 15) is 0 Å². The molecule has 2 rings (SSSR count). The molecular formula is C10H8. The summed E-state index contributed by atoms with van der Waals surface area (Å²) >= 11 is 0. The maximum atomic E-state index is 7.68. The van der Waals surface area contributed by atoms with Crippen molar-refractivity contribution < 1.29 is 9.60 Å². The zero-order valence-electron chi connectivity index (χ0n) is 12.1. The van der Waals surface area contributed by atoms with Crippen molar-refractivity contribution in [2.24, 2.45) is 0 Å². The standard InChI is InChI=1S/C10H8/c1-2-6-10-8-4-3-7-9(10)5-1/h1-8H/i1D,2D,3D,5D,6D,7D,8D. The van der Waals surface area contributed by atoms with Crippen LogP contribution in [0.2, 0.25) is 0 Å². The predicted octanol–water partition coefficient (Wildman–Crippen LogP) is 2.84. The van der Waals surface area contributed by atoms with Crippen molar-refractivity contribution >= 4 is 10.8 Å². The van der Waals surface area contributed by atoms with Crippen molar-refractivity contribution in [2.45, 2.75) is 0 Å². The Morgan fingerprint density at radius 3 is 2.20 bits per heavy atom. The lowest BCUT2D eigenvalue weighted by atomic mass is 10.1. The normalized spacial score (nSPS) is 19.8. The molecule has 0 atom stereocenters. The molecule has 0 aromatic heterocycles. The molecule has 0 N–H and O–H groups in total. The first kappa shape index (κ1) is 1.85. The van der Waals surface area contributed by atoms with Gasteiger partial charge in [0, 0.05) is 0 Å². The minimum absolute atomic E-state index is 0.00278. The minimum atomic E-state index is -0.444. The van der Waals surface area contributed by atoms with Gasteiger partial charge in [-0.3, -0.25) is 0 Å². The van der Waals surface area contributed by atoms with Crippen LogP contribution in [0.4, 0.5) is 0 Å². The molecule has 0 nitrogen and oxygen atoms in total. The third kappa shape index (κ3) is 0.781. The average molecular weight is 135 g/mol. The third-order valence-electron chi connectivity index (χ3n) is 1.17. The summed E-state index contributed by atoms with van der Waals surface area (Å²) in [4.78, 5) is 0. The Bertz CT molecular complexity index is 633. The Morgan fingerprint density at radius 2 is 1.40 bits per heavy atom. The van der Waals surface area contributed by atoms with Gasteiger partial charge in [-0.15, -0.1) is 0 Å². The van der Waals surface area contributed by atoms with Crippen LogP contribution in [0.5, 0.6) is 0 Å². The van der Waals surface area contributed by atoms with Crippen molar-refractivity contribution in [3.8, 4) is 0 Å². The Balaban J connectivity index is 3.17. The first-order chi connectivity index (χ1) is 7.86. The van der Waals surface area contributed by atoms with E-state index in [0.29, 0.717) is 0 Å². The van der Waals surface area contributed by atoms with Crippen LogP contribution in [-0.4, -0.2) is 0 Å². The summed E-state index contributed by atoms with van der Waals surface area (Å²) in [6, 6.07) is -1.10. The Labute approximate surface area is 69.9 Å². The second-order valence-corrected chi connectivity index (χ2v) is 1.81. The smallest absolute Gasteiger partial charge is 0.0616 e. The summed E-state index contributed by atoms with van der Waals surface area (Å²) in [7, 11) is 0. The molecule has 0 saturated heterocycles. The summed E-state index contributed by atoms with van der Waals surface area (Å²) in [5.74, 6) is 0. The lowest BCUT2D eigenvalue weighted by Crippen LogP contribution is -1.67. The van der Waals surface area contributed by atoms with Crippen LogP contribution in [0.25, 0.3) is 10.8 Å². The molecule has 0 spiro atoms. The lowest BCUT2D eigenvalue weighted by molar-refractivity contribution is 1.75. The van der Waals surface area contributed by atoms with E-state index in [0.717, 1.165) is 6.07 Å². The van der Waals surface area contributed by atoms with Crippen LogP contribution in [-0.2, 0) is 0 Å². The van der Waals surface area contributed by atoms with Crippen molar-refractivity contribution in [1.29, 1.82) is 0 Å². The largest absolute Gasteiger partial charge is 0.0629 e. The molecule has 0 radical (unpaired) electrons. The van der Waals surface area contributed by atoms with E-state index in [1.54, 1.807) is 0 Å². The van der Waals surface area contributed by atoms with Crippen LogP contribution in [0.1, 0.15) is 9.60 Å². The molecule has 2 aromatic carbocycles. The summed E-state index contributed by atoms with van der Waals surface area (Å²) in [5, 5.41) is -0.0644. The fourth-order valence-electron chi connectivity index (χ4n) is 0.731. The molecule has 10 heavy (non-hydrogen) atoms. The van der Waals surface area contributed by atoms with Gasteiger partial charge in [0.05, 0.1) is 9.60 Å². The van der Waals surface area contributed by atoms with Gasteiger partial charge in [-0.25, -0.2) is 0 Å². The molecule has 0 unspecified atom stereocenters. The molecule has 48 valence electrons. The second-order valence-electron chi connectivity index (χ2n) is 1.81. The van der Waals surface area contributed by atoms with Crippen molar-refractivity contribution in [1.82, 2.24) is 0 Å². The van der Waals surface area contributed by atoms with Gasteiger partial charge in [-0.2, -0.15) is 0 Å². The van der Waals surface area contributed by atoms with E-state index in [4.69, 9.17) is 9.60 Å². The SMILES string of the molecule is [2H]c1cc([2H])c2c([2H])c([2H])c([2H])c([2H])c2c1[2H]. The number of fused-ring (bicyclic) bond motifs is 1. The number of hydrogen-bond donors (Lipinski definition) is 0. The fraction of sp³-hybridized carbons (Fsp3) is 0. The highest BCUT2D eigenvalue weighted by Gasteiger charge is 1.85. The van der Waals surface area contributed by atoms with Crippen molar-refractivity contribution in [3.05, 3.63) is 48.4 Å². The van der Waals surface area contributed by atoms with E-state index in [2.05, 4.69) is 0 Å². The first-order valence-corrected chi connectivity index (χ1v) is 2.83.